The zero-order valence-corrected chi connectivity index (χ0v) is 13.8. The second-order valence-corrected chi connectivity index (χ2v) is 5.45. The van der Waals surface area contributed by atoms with Gasteiger partial charge in [-0.15, -0.1) is 10.2 Å². The smallest absolute Gasteiger partial charge is 0.342 e. The van der Waals surface area contributed by atoms with Gasteiger partial charge in [0.15, 0.2) is 12.4 Å². The molecule has 0 spiro atoms. The van der Waals surface area contributed by atoms with Gasteiger partial charge in [0, 0.05) is 0 Å². The van der Waals surface area contributed by atoms with Crippen molar-refractivity contribution in [1.29, 1.82) is 0 Å². The first-order valence-electron chi connectivity index (χ1n) is 7.85. The summed E-state index contributed by atoms with van der Waals surface area (Å²) in [5.41, 5.74) is 0.331. The van der Waals surface area contributed by atoms with Crippen molar-refractivity contribution in [2.45, 2.75) is 6.61 Å². The third kappa shape index (κ3) is 3.02. The Labute approximate surface area is 148 Å². The molecule has 0 atom stereocenters. The SMILES string of the molecule is COc1cc2ccccc2cc1C(=O)OCc1nnc(-c2ccco2)o1. The largest absolute Gasteiger partial charge is 0.496 e. The van der Waals surface area contributed by atoms with Gasteiger partial charge >= 0.3 is 5.97 Å². The summed E-state index contributed by atoms with van der Waals surface area (Å²) in [4.78, 5) is 12.5. The summed E-state index contributed by atoms with van der Waals surface area (Å²) in [5.74, 6) is 0.751. The van der Waals surface area contributed by atoms with Crippen molar-refractivity contribution in [2.24, 2.45) is 0 Å². The number of rotatable bonds is 5. The summed E-state index contributed by atoms with van der Waals surface area (Å²) < 4.78 is 21.2. The molecule has 0 N–H and O–H groups in total. The van der Waals surface area contributed by atoms with E-state index in [1.54, 1.807) is 24.3 Å². The number of ether oxygens (including phenoxy) is 2. The summed E-state index contributed by atoms with van der Waals surface area (Å²) in [6.07, 6.45) is 1.51. The molecule has 2 aromatic heterocycles. The molecule has 4 rings (SSSR count). The van der Waals surface area contributed by atoms with E-state index < -0.39 is 5.97 Å². The predicted molar refractivity (Wildman–Crippen MR) is 91.6 cm³/mol. The Morgan fingerprint density at radius 3 is 2.62 bits per heavy atom. The average molecular weight is 350 g/mol. The Kier molecular flexibility index (Phi) is 4.10. The van der Waals surface area contributed by atoms with Crippen LogP contribution in [0.1, 0.15) is 16.2 Å². The molecule has 2 aromatic carbocycles. The number of furan rings is 1. The number of aromatic nitrogens is 2. The Bertz CT molecular complexity index is 1050. The summed E-state index contributed by atoms with van der Waals surface area (Å²) in [7, 11) is 1.51. The van der Waals surface area contributed by atoms with Crippen LogP contribution in [0.2, 0.25) is 0 Å². The molecule has 0 aliphatic carbocycles. The maximum atomic E-state index is 12.5. The van der Waals surface area contributed by atoms with Gasteiger partial charge in [0.2, 0.25) is 0 Å². The van der Waals surface area contributed by atoms with E-state index in [2.05, 4.69) is 10.2 Å². The fourth-order valence-electron chi connectivity index (χ4n) is 2.56. The van der Waals surface area contributed by atoms with Crippen LogP contribution in [0.3, 0.4) is 0 Å². The van der Waals surface area contributed by atoms with Crippen molar-refractivity contribution < 1.29 is 23.1 Å². The number of nitrogens with zero attached hydrogens (tertiary/aromatic N) is 2. The van der Waals surface area contributed by atoms with Crippen LogP contribution in [0, 0.1) is 0 Å². The summed E-state index contributed by atoms with van der Waals surface area (Å²) in [6, 6.07) is 14.6. The number of carbonyl (C=O) groups excluding carboxylic acids is 1. The van der Waals surface area contributed by atoms with Crippen molar-refractivity contribution in [3.8, 4) is 17.4 Å². The van der Waals surface area contributed by atoms with E-state index in [1.165, 1.54) is 13.4 Å². The number of methoxy groups -OCH3 is 1. The minimum absolute atomic E-state index is 0.150. The molecule has 0 bridgehead atoms. The van der Waals surface area contributed by atoms with Gasteiger partial charge in [-0.05, 0) is 35.0 Å². The van der Waals surface area contributed by atoms with Crippen LogP contribution in [-0.4, -0.2) is 23.3 Å². The number of hydrogen-bond acceptors (Lipinski definition) is 7. The molecule has 0 fully saturated rings. The van der Waals surface area contributed by atoms with Crippen LogP contribution in [0.5, 0.6) is 5.75 Å². The van der Waals surface area contributed by atoms with Crippen molar-refractivity contribution >= 4 is 16.7 Å². The van der Waals surface area contributed by atoms with Crippen molar-refractivity contribution in [3.63, 3.8) is 0 Å². The zero-order valence-electron chi connectivity index (χ0n) is 13.8. The van der Waals surface area contributed by atoms with E-state index in [9.17, 15) is 4.79 Å². The fraction of sp³-hybridized carbons (Fsp3) is 0.105. The number of fused-ring (bicyclic) bond motifs is 1. The molecule has 0 saturated heterocycles. The molecule has 0 aliphatic rings. The van der Waals surface area contributed by atoms with Gasteiger partial charge in [0.1, 0.15) is 11.3 Å². The first-order valence-corrected chi connectivity index (χ1v) is 7.85. The second kappa shape index (κ2) is 6.72. The lowest BCUT2D eigenvalue weighted by Crippen LogP contribution is -2.07. The summed E-state index contributed by atoms with van der Waals surface area (Å²) in [5, 5.41) is 9.59. The number of benzene rings is 2. The fourth-order valence-corrected chi connectivity index (χ4v) is 2.56. The van der Waals surface area contributed by atoms with Crippen molar-refractivity contribution in [2.75, 3.05) is 7.11 Å². The monoisotopic (exact) mass is 350 g/mol. The van der Waals surface area contributed by atoms with Crippen molar-refractivity contribution in [3.05, 3.63) is 66.2 Å². The van der Waals surface area contributed by atoms with E-state index in [0.29, 0.717) is 17.1 Å². The third-order valence-corrected chi connectivity index (χ3v) is 3.81. The lowest BCUT2D eigenvalue weighted by atomic mass is 10.1. The highest BCUT2D eigenvalue weighted by Gasteiger charge is 2.17. The highest BCUT2D eigenvalue weighted by Crippen LogP contribution is 2.27. The van der Waals surface area contributed by atoms with E-state index in [1.807, 2.05) is 24.3 Å². The Balaban J connectivity index is 1.52. The zero-order chi connectivity index (χ0) is 17.9. The summed E-state index contributed by atoms with van der Waals surface area (Å²) >= 11 is 0. The number of esters is 1. The second-order valence-electron chi connectivity index (χ2n) is 5.45. The lowest BCUT2D eigenvalue weighted by molar-refractivity contribution is 0.0435. The van der Waals surface area contributed by atoms with Gasteiger partial charge in [0.05, 0.1) is 13.4 Å². The van der Waals surface area contributed by atoms with E-state index >= 15 is 0 Å². The van der Waals surface area contributed by atoms with Crippen LogP contribution in [0.25, 0.3) is 22.4 Å². The van der Waals surface area contributed by atoms with Crippen molar-refractivity contribution in [1.82, 2.24) is 10.2 Å². The predicted octanol–water partition coefficient (Wildman–Crippen LogP) is 3.85. The first-order chi connectivity index (χ1) is 12.7. The molecule has 7 nitrogen and oxygen atoms in total. The average Bonchev–Trinajstić information content (AvgIpc) is 3.36. The molecule has 4 aromatic rings. The molecular formula is C19H14N2O5. The standard InChI is InChI=1S/C19H14N2O5/c1-23-16-10-13-6-3-2-5-12(13)9-14(16)19(22)25-11-17-20-21-18(26-17)15-7-4-8-24-15/h2-10H,11H2,1H3. The quantitative estimate of drug-likeness (QED) is 0.505. The van der Waals surface area contributed by atoms with Crippen LogP contribution in [0.4, 0.5) is 0 Å². The topological polar surface area (TPSA) is 87.6 Å². The molecule has 7 heteroatoms. The highest BCUT2D eigenvalue weighted by molar-refractivity contribution is 5.98. The molecule has 0 radical (unpaired) electrons. The van der Waals surface area contributed by atoms with Gasteiger partial charge < -0.3 is 18.3 Å². The molecule has 26 heavy (non-hydrogen) atoms. The first kappa shape index (κ1) is 15.9. The van der Waals surface area contributed by atoms with Gasteiger partial charge in [-0.3, -0.25) is 0 Å². The molecule has 0 saturated carbocycles. The minimum Gasteiger partial charge on any atom is -0.496 e. The molecule has 130 valence electrons. The van der Waals surface area contributed by atoms with E-state index in [-0.39, 0.29) is 18.4 Å². The van der Waals surface area contributed by atoms with Crippen LogP contribution in [0.15, 0.2) is 63.6 Å². The highest BCUT2D eigenvalue weighted by atomic mass is 16.5. The maximum Gasteiger partial charge on any atom is 0.342 e. The van der Waals surface area contributed by atoms with Gasteiger partial charge in [-0.1, -0.05) is 24.3 Å². The maximum absolute atomic E-state index is 12.5. The third-order valence-electron chi connectivity index (χ3n) is 3.81. The summed E-state index contributed by atoms with van der Waals surface area (Å²) in [6.45, 7) is -0.150. The van der Waals surface area contributed by atoms with Gasteiger partial charge in [-0.25, -0.2) is 4.79 Å². The Hall–Kier alpha value is -3.61. The molecule has 0 aliphatic heterocycles. The van der Waals surface area contributed by atoms with Gasteiger partial charge in [-0.2, -0.15) is 0 Å². The minimum atomic E-state index is -0.537. The molecular weight excluding hydrogens is 336 g/mol. The van der Waals surface area contributed by atoms with Gasteiger partial charge in [0.25, 0.3) is 11.8 Å². The van der Waals surface area contributed by atoms with E-state index in [0.717, 1.165) is 10.8 Å². The number of hydrogen-bond donors (Lipinski definition) is 0. The Morgan fingerprint density at radius 1 is 1.08 bits per heavy atom. The normalized spacial score (nSPS) is 10.8. The van der Waals surface area contributed by atoms with Crippen LogP contribution >= 0.6 is 0 Å². The molecule has 2 heterocycles. The molecule has 0 unspecified atom stereocenters. The van der Waals surface area contributed by atoms with E-state index in [4.69, 9.17) is 18.3 Å². The molecule has 0 amide bonds. The van der Waals surface area contributed by atoms with Crippen LogP contribution in [-0.2, 0) is 11.3 Å². The van der Waals surface area contributed by atoms with Crippen LogP contribution < -0.4 is 4.74 Å². The number of carbonyl (C=O) groups is 1. The Morgan fingerprint density at radius 2 is 1.88 bits per heavy atom. The lowest BCUT2D eigenvalue weighted by Gasteiger charge is -2.09.